The molecular formula is C20H17N3O4S. The van der Waals surface area contributed by atoms with Crippen molar-refractivity contribution in [3.05, 3.63) is 57.9 Å². The summed E-state index contributed by atoms with van der Waals surface area (Å²) in [4.78, 5) is 55.8. The Bertz CT molecular complexity index is 1100. The highest BCUT2D eigenvalue weighted by Crippen LogP contribution is 2.23. The quantitative estimate of drug-likeness (QED) is 0.395. The van der Waals surface area contributed by atoms with Crippen LogP contribution in [-0.2, 0) is 16.0 Å². The van der Waals surface area contributed by atoms with Crippen molar-refractivity contribution >= 4 is 45.9 Å². The molecule has 1 N–H and O–H groups in total. The third kappa shape index (κ3) is 3.01. The number of carbonyl (C=O) groups excluding carboxylic acids is 4. The number of rotatable bonds is 6. The number of ketones is 1. The van der Waals surface area contributed by atoms with Crippen LogP contribution in [0.25, 0.3) is 10.9 Å². The molecule has 0 saturated carbocycles. The SMILES string of the molecule is Cc1[nH]c2ccccc2c1C(=O)CN1C(=O)C(=O)N(CCc2cccs2)C1=O. The van der Waals surface area contributed by atoms with Gasteiger partial charge in [-0.05, 0) is 24.4 Å². The predicted molar refractivity (Wildman–Crippen MR) is 104 cm³/mol. The number of aromatic nitrogens is 1. The minimum atomic E-state index is -0.956. The second kappa shape index (κ2) is 7.05. The Morgan fingerprint density at radius 3 is 2.54 bits per heavy atom. The van der Waals surface area contributed by atoms with Crippen molar-refractivity contribution in [2.75, 3.05) is 13.1 Å². The van der Waals surface area contributed by atoms with E-state index in [1.807, 2.05) is 35.7 Å². The lowest BCUT2D eigenvalue weighted by molar-refractivity contribution is -0.143. The fourth-order valence-electron chi connectivity index (χ4n) is 3.42. The Balaban J connectivity index is 1.53. The summed E-state index contributed by atoms with van der Waals surface area (Å²) in [6, 6.07) is 10.4. The molecule has 2 aromatic heterocycles. The molecule has 1 aromatic carbocycles. The van der Waals surface area contributed by atoms with Crippen LogP contribution in [0.3, 0.4) is 0 Å². The summed E-state index contributed by atoms with van der Waals surface area (Å²) in [6.07, 6.45) is 0.478. The smallest absolute Gasteiger partial charge is 0.334 e. The van der Waals surface area contributed by atoms with E-state index in [0.29, 0.717) is 17.7 Å². The Labute approximate surface area is 164 Å². The van der Waals surface area contributed by atoms with Gasteiger partial charge in [0.1, 0.15) is 0 Å². The number of hydrogen-bond acceptors (Lipinski definition) is 5. The number of imide groups is 2. The molecule has 1 aliphatic heterocycles. The van der Waals surface area contributed by atoms with Crippen molar-refractivity contribution in [3.8, 4) is 0 Å². The van der Waals surface area contributed by atoms with Crippen molar-refractivity contribution in [3.63, 3.8) is 0 Å². The van der Waals surface area contributed by atoms with Gasteiger partial charge in [-0.2, -0.15) is 0 Å². The number of amides is 4. The molecule has 1 fully saturated rings. The average Bonchev–Trinajstić information content (AvgIpc) is 3.35. The highest BCUT2D eigenvalue weighted by atomic mass is 32.1. The normalized spacial score (nSPS) is 14.5. The van der Waals surface area contributed by atoms with E-state index < -0.39 is 24.4 Å². The van der Waals surface area contributed by atoms with Gasteiger partial charge in [-0.3, -0.25) is 19.3 Å². The van der Waals surface area contributed by atoms with Crippen LogP contribution in [0, 0.1) is 6.92 Å². The van der Waals surface area contributed by atoms with Gasteiger partial charge in [0, 0.05) is 40.0 Å². The second-order valence-electron chi connectivity index (χ2n) is 6.55. The third-order valence-electron chi connectivity index (χ3n) is 4.77. The number of carbonyl (C=O) groups is 4. The second-order valence-corrected chi connectivity index (χ2v) is 7.59. The number of nitrogens with zero attached hydrogens (tertiary/aromatic N) is 2. The highest BCUT2D eigenvalue weighted by molar-refractivity contribution is 7.09. The van der Waals surface area contributed by atoms with Gasteiger partial charge in [0.15, 0.2) is 5.78 Å². The number of aryl methyl sites for hydroxylation is 1. The van der Waals surface area contributed by atoms with Crippen LogP contribution in [0.5, 0.6) is 0 Å². The van der Waals surface area contributed by atoms with E-state index in [0.717, 1.165) is 25.6 Å². The van der Waals surface area contributed by atoms with Crippen LogP contribution < -0.4 is 0 Å². The van der Waals surface area contributed by atoms with Crippen LogP contribution in [0.2, 0.25) is 0 Å². The van der Waals surface area contributed by atoms with E-state index in [1.54, 1.807) is 13.0 Å². The van der Waals surface area contributed by atoms with Gasteiger partial charge in [0.2, 0.25) is 0 Å². The van der Waals surface area contributed by atoms with Crippen molar-refractivity contribution < 1.29 is 19.2 Å². The summed E-state index contributed by atoms with van der Waals surface area (Å²) in [5, 5.41) is 2.63. The molecule has 142 valence electrons. The molecule has 1 aliphatic rings. The first-order valence-corrected chi connectivity index (χ1v) is 9.65. The fourth-order valence-corrected chi connectivity index (χ4v) is 4.12. The van der Waals surface area contributed by atoms with Crippen molar-refractivity contribution in [2.45, 2.75) is 13.3 Å². The van der Waals surface area contributed by atoms with E-state index >= 15 is 0 Å². The monoisotopic (exact) mass is 395 g/mol. The Morgan fingerprint density at radius 1 is 1.04 bits per heavy atom. The molecule has 0 atom stereocenters. The number of aromatic amines is 1. The third-order valence-corrected chi connectivity index (χ3v) is 5.71. The lowest BCUT2D eigenvalue weighted by Gasteiger charge is -2.14. The van der Waals surface area contributed by atoms with Crippen LogP contribution in [-0.4, -0.2) is 51.5 Å². The summed E-state index contributed by atoms with van der Waals surface area (Å²) in [7, 11) is 0. The molecular weight excluding hydrogens is 378 g/mol. The number of hydrogen-bond donors (Lipinski definition) is 1. The average molecular weight is 395 g/mol. The Morgan fingerprint density at radius 2 is 1.79 bits per heavy atom. The minimum absolute atomic E-state index is 0.112. The van der Waals surface area contributed by atoms with E-state index in [-0.39, 0.29) is 12.3 Å². The Kier molecular flexibility index (Phi) is 4.56. The van der Waals surface area contributed by atoms with E-state index in [4.69, 9.17) is 0 Å². The molecule has 3 heterocycles. The van der Waals surface area contributed by atoms with Gasteiger partial charge in [-0.15, -0.1) is 11.3 Å². The maximum atomic E-state index is 12.9. The molecule has 4 rings (SSSR count). The number of thiophene rings is 1. The topological polar surface area (TPSA) is 90.6 Å². The van der Waals surface area contributed by atoms with Crippen molar-refractivity contribution in [1.82, 2.24) is 14.8 Å². The first-order valence-electron chi connectivity index (χ1n) is 8.77. The van der Waals surface area contributed by atoms with Gasteiger partial charge >= 0.3 is 17.8 Å². The maximum absolute atomic E-state index is 12.9. The zero-order valence-electron chi connectivity index (χ0n) is 15.1. The van der Waals surface area contributed by atoms with Crippen molar-refractivity contribution in [2.24, 2.45) is 0 Å². The lowest BCUT2D eigenvalue weighted by Crippen LogP contribution is -2.37. The summed E-state index contributed by atoms with van der Waals surface area (Å²) >= 11 is 1.52. The number of para-hydroxylation sites is 1. The van der Waals surface area contributed by atoms with E-state index in [2.05, 4.69) is 4.98 Å². The lowest BCUT2D eigenvalue weighted by atomic mass is 10.1. The minimum Gasteiger partial charge on any atom is -0.358 e. The molecule has 1 saturated heterocycles. The molecule has 0 unspecified atom stereocenters. The molecule has 0 spiro atoms. The highest BCUT2D eigenvalue weighted by Gasteiger charge is 2.45. The largest absolute Gasteiger partial charge is 0.358 e. The number of urea groups is 1. The van der Waals surface area contributed by atoms with E-state index in [9.17, 15) is 19.2 Å². The van der Waals surface area contributed by atoms with Crippen LogP contribution in [0.4, 0.5) is 4.79 Å². The molecule has 7 nitrogen and oxygen atoms in total. The van der Waals surface area contributed by atoms with Crippen LogP contribution in [0.15, 0.2) is 41.8 Å². The standard InChI is InChI=1S/C20H17N3O4S/c1-12-17(14-6-2-3-7-15(14)21-12)16(24)11-23-19(26)18(25)22(20(23)27)9-8-13-5-4-10-28-13/h2-7,10,21H,8-9,11H2,1H3. The van der Waals surface area contributed by atoms with Crippen LogP contribution >= 0.6 is 11.3 Å². The summed E-state index contributed by atoms with van der Waals surface area (Å²) in [5.74, 6) is -2.23. The molecule has 0 radical (unpaired) electrons. The maximum Gasteiger partial charge on any atom is 0.334 e. The van der Waals surface area contributed by atoms with Gasteiger partial charge in [0.25, 0.3) is 0 Å². The summed E-state index contributed by atoms with van der Waals surface area (Å²) < 4.78 is 0. The van der Waals surface area contributed by atoms with Gasteiger partial charge in [-0.25, -0.2) is 9.69 Å². The number of nitrogens with one attached hydrogen (secondary N) is 1. The van der Waals surface area contributed by atoms with Gasteiger partial charge in [-0.1, -0.05) is 24.3 Å². The van der Waals surface area contributed by atoms with Crippen LogP contribution in [0.1, 0.15) is 20.9 Å². The first-order chi connectivity index (χ1) is 13.5. The number of fused-ring (bicyclic) bond motifs is 1. The molecule has 8 heteroatoms. The fraction of sp³-hybridized carbons (Fsp3) is 0.200. The number of H-pyrrole nitrogens is 1. The summed E-state index contributed by atoms with van der Waals surface area (Å²) in [6.45, 7) is 1.42. The molecule has 0 bridgehead atoms. The predicted octanol–water partition coefficient (Wildman–Crippen LogP) is 2.75. The van der Waals surface area contributed by atoms with Crippen molar-refractivity contribution in [1.29, 1.82) is 0 Å². The molecule has 28 heavy (non-hydrogen) atoms. The summed E-state index contributed by atoms with van der Waals surface area (Å²) in [5.41, 5.74) is 1.89. The van der Waals surface area contributed by atoms with Gasteiger partial charge in [0.05, 0.1) is 6.54 Å². The molecule has 0 aliphatic carbocycles. The zero-order valence-corrected chi connectivity index (χ0v) is 15.9. The molecule has 3 aromatic rings. The molecule has 4 amide bonds. The first kappa shape index (κ1) is 18.1. The number of Topliss-reactive ketones (excluding diaryl/α,β-unsaturated/α-hetero) is 1. The Hall–Kier alpha value is -3.26. The zero-order chi connectivity index (χ0) is 19.8. The number of benzene rings is 1. The van der Waals surface area contributed by atoms with E-state index in [1.165, 1.54) is 11.3 Å². The van der Waals surface area contributed by atoms with Gasteiger partial charge < -0.3 is 4.98 Å².